The van der Waals surface area contributed by atoms with Crippen molar-refractivity contribution in [2.45, 2.75) is 13.3 Å². The van der Waals surface area contributed by atoms with Crippen molar-refractivity contribution < 1.29 is 4.79 Å². The van der Waals surface area contributed by atoms with Crippen LogP contribution < -0.4 is 0 Å². The lowest BCUT2D eigenvalue weighted by molar-refractivity contribution is 0.111. The number of hydrogen-bond donors (Lipinski definition) is 0. The van der Waals surface area contributed by atoms with E-state index in [0.717, 1.165) is 24.0 Å². The highest BCUT2D eigenvalue weighted by Crippen LogP contribution is 2.08. The summed E-state index contributed by atoms with van der Waals surface area (Å²) >= 11 is 0. The largest absolute Gasteiger partial charge is 0.303 e. The van der Waals surface area contributed by atoms with Gasteiger partial charge in [0.05, 0.1) is 0 Å². The van der Waals surface area contributed by atoms with Crippen LogP contribution in [-0.2, 0) is 6.42 Å². The number of nitrogens with zero attached hydrogens (tertiary/aromatic N) is 2. The molecule has 0 aromatic carbocycles. The van der Waals surface area contributed by atoms with Crippen LogP contribution in [0.15, 0.2) is 24.4 Å². The van der Waals surface area contributed by atoms with Gasteiger partial charge in [0.2, 0.25) is 0 Å². The Bertz CT molecular complexity index is 445. The summed E-state index contributed by atoms with van der Waals surface area (Å²) in [7, 11) is 0. The average Bonchev–Trinajstić information content (AvgIpc) is 2.59. The molecule has 66 valence electrons. The zero-order chi connectivity index (χ0) is 9.26. The lowest BCUT2D eigenvalue weighted by Crippen LogP contribution is -1.92. The Labute approximate surface area is 76.0 Å². The van der Waals surface area contributed by atoms with Crippen molar-refractivity contribution in [1.29, 1.82) is 0 Å². The van der Waals surface area contributed by atoms with Gasteiger partial charge in [0, 0.05) is 11.9 Å². The molecule has 0 fully saturated rings. The number of imidazole rings is 1. The molecule has 2 heterocycles. The van der Waals surface area contributed by atoms with Gasteiger partial charge >= 0.3 is 0 Å². The number of rotatable bonds is 2. The van der Waals surface area contributed by atoms with Gasteiger partial charge < -0.3 is 4.40 Å². The normalized spacial score (nSPS) is 10.5. The quantitative estimate of drug-likeness (QED) is 0.649. The molecule has 0 saturated carbocycles. The van der Waals surface area contributed by atoms with Crippen molar-refractivity contribution in [1.82, 2.24) is 9.38 Å². The van der Waals surface area contributed by atoms with Crippen LogP contribution in [0.2, 0.25) is 0 Å². The molecule has 0 spiro atoms. The lowest BCUT2D eigenvalue weighted by Gasteiger charge is -1.99. The first kappa shape index (κ1) is 7.98. The summed E-state index contributed by atoms with van der Waals surface area (Å²) < 4.78 is 1.95. The van der Waals surface area contributed by atoms with Gasteiger partial charge in [-0.1, -0.05) is 13.0 Å². The fourth-order valence-electron chi connectivity index (χ4n) is 1.43. The summed E-state index contributed by atoms with van der Waals surface area (Å²) in [5.41, 5.74) is 2.49. The van der Waals surface area contributed by atoms with E-state index in [1.165, 1.54) is 0 Å². The number of hydrogen-bond acceptors (Lipinski definition) is 2. The topological polar surface area (TPSA) is 34.4 Å². The molecule has 0 aliphatic rings. The van der Waals surface area contributed by atoms with E-state index in [9.17, 15) is 4.79 Å². The zero-order valence-corrected chi connectivity index (χ0v) is 7.40. The second-order valence-corrected chi connectivity index (χ2v) is 2.88. The first-order valence-electron chi connectivity index (χ1n) is 4.27. The molecular weight excluding hydrogens is 164 g/mol. The number of fused-ring (bicyclic) bond motifs is 1. The summed E-state index contributed by atoms with van der Waals surface area (Å²) in [4.78, 5) is 14.6. The molecule has 0 saturated heterocycles. The van der Waals surface area contributed by atoms with Gasteiger partial charge in [0.25, 0.3) is 0 Å². The van der Waals surface area contributed by atoms with Gasteiger partial charge in [-0.25, -0.2) is 4.98 Å². The van der Waals surface area contributed by atoms with E-state index in [0.29, 0.717) is 5.69 Å². The maximum Gasteiger partial charge on any atom is 0.170 e. The van der Waals surface area contributed by atoms with Gasteiger partial charge in [0.15, 0.2) is 6.29 Å². The van der Waals surface area contributed by atoms with Gasteiger partial charge in [-0.05, 0) is 18.6 Å². The number of aryl methyl sites for hydroxylation is 1. The Morgan fingerprint density at radius 2 is 2.38 bits per heavy atom. The van der Waals surface area contributed by atoms with Crippen molar-refractivity contribution in [3.8, 4) is 0 Å². The van der Waals surface area contributed by atoms with Crippen LogP contribution in [0.25, 0.3) is 5.65 Å². The van der Waals surface area contributed by atoms with Gasteiger partial charge in [0.1, 0.15) is 11.3 Å². The summed E-state index contributed by atoms with van der Waals surface area (Å²) in [6, 6.07) is 5.88. The smallest absolute Gasteiger partial charge is 0.170 e. The number of aldehydes is 1. The molecule has 2 aromatic rings. The van der Waals surface area contributed by atoms with E-state index >= 15 is 0 Å². The predicted molar refractivity (Wildman–Crippen MR) is 50.0 cm³/mol. The van der Waals surface area contributed by atoms with Crippen molar-refractivity contribution in [2.75, 3.05) is 0 Å². The SMILES string of the molecule is CCc1cccc2nc(C=O)cn12. The third-order valence-corrected chi connectivity index (χ3v) is 2.08. The predicted octanol–water partition coefficient (Wildman–Crippen LogP) is 1.71. The number of carbonyl (C=O) groups is 1. The summed E-state index contributed by atoms with van der Waals surface area (Å²) in [6.45, 7) is 2.08. The summed E-state index contributed by atoms with van der Waals surface area (Å²) in [6.07, 6.45) is 3.47. The second kappa shape index (κ2) is 3.01. The molecule has 0 aliphatic carbocycles. The van der Waals surface area contributed by atoms with Crippen LogP contribution in [-0.4, -0.2) is 15.7 Å². The van der Waals surface area contributed by atoms with E-state index in [1.54, 1.807) is 6.20 Å². The van der Waals surface area contributed by atoms with E-state index in [-0.39, 0.29) is 0 Å². The van der Waals surface area contributed by atoms with E-state index < -0.39 is 0 Å². The highest BCUT2D eigenvalue weighted by atomic mass is 16.1. The number of aromatic nitrogens is 2. The maximum absolute atomic E-state index is 10.5. The average molecular weight is 174 g/mol. The van der Waals surface area contributed by atoms with Crippen molar-refractivity contribution in [3.63, 3.8) is 0 Å². The fraction of sp³-hybridized carbons (Fsp3) is 0.200. The van der Waals surface area contributed by atoms with Gasteiger partial charge in [-0.2, -0.15) is 0 Å². The Morgan fingerprint density at radius 3 is 3.08 bits per heavy atom. The van der Waals surface area contributed by atoms with Crippen LogP contribution >= 0.6 is 0 Å². The second-order valence-electron chi connectivity index (χ2n) is 2.88. The molecule has 0 amide bonds. The monoisotopic (exact) mass is 174 g/mol. The molecule has 0 radical (unpaired) electrons. The molecule has 2 aromatic heterocycles. The van der Waals surface area contributed by atoms with E-state index in [1.807, 2.05) is 22.6 Å². The number of pyridine rings is 1. The molecule has 3 heteroatoms. The minimum atomic E-state index is 0.487. The Morgan fingerprint density at radius 1 is 1.54 bits per heavy atom. The van der Waals surface area contributed by atoms with Crippen molar-refractivity contribution >= 4 is 11.9 Å². The number of carbonyl (C=O) groups excluding carboxylic acids is 1. The van der Waals surface area contributed by atoms with Gasteiger partial charge in [-0.3, -0.25) is 4.79 Å². The third kappa shape index (κ3) is 1.22. The Hall–Kier alpha value is -1.64. The highest BCUT2D eigenvalue weighted by Gasteiger charge is 2.01. The molecule has 0 bridgehead atoms. The first-order chi connectivity index (χ1) is 6.35. The minimum absolute atomic E-state index is 0.487. The van der Waals surface area contributed by atoms with Crippen LogP contribution in [0.5, 0.6) is 0 Å². The van der Waals surface area contributed by atoms with E-state index in [4.69, 9.17) is 0 Å². The maximum atomic E-state index is 10.5. The molecule has 3 nitrogen and oxygen atoms in total. The Balaban J connectivity index is 2.74. The Kier molecular flexibility index (Phi) is 1.85. The van der Waals surface area contributed by atoms with Gasteiger partial charge in [-0.15, -0.1) is 0 Å². The van der Waals surface area contributed by atoms with Crippen LogP contribution in [0.3, 0.4) is 0 Å². The molecule has 2 rings (SSSR count). The van der Waals surface area contributed by atoms with Crippen molar-refractivity contribution in [3.05, 3.63) is 35.8 Å². The van der Waals surface area contributed by atoms with E-state index in [2.05, 4.69) is 11.9 Å². The minimum Gasteiger partial charge on any atom is -0.303 e. The lowest BCUT2D eigenvalue weighted by atomic mass is 10.3. The summed E-state index contributed by atoms with van der Waals surface area (Å²) in [5.74, 6) is 0. The highest BCUT2D eigenvalue weighted by molar-refractivity contribution is 5.73. The van der Waals surface area contributed by atoms with Crippen LogP contribution in [0.4, 0.5) is 0 Å². The molecule has 0 aliphatic heterocycles. The summed E-state index contributed by atoms with van der Waals surface area (Å²) in [5, 5.41) is 0. The standard InChI is InChI=1S/C10H10N2O/c1-2-9-4-3-5-10-11-8(7-13)6-12(9)10/h3-7H,2H2,1H3. The molecule has 0 unspecified atom stereocenters. The molecular formula is C10H10N2O. The molecule has 0 N–H and O–H groups in total. The first-order valence-corrected chi connectivity index (χ1v) is 4.27. The molecule has 13 heavy (non-hydrogen) atoms. The van der Waals surface area contributed by atoms with Crippen LogP contribution in [0, 0.1) is 0 Å². The van der Waals surface area contributed by atoms with Crippen molar-refractivity contribution in [2.24, 2.45) is 0 Å². The van der Waals surface area contributed by atoms with Crippen LogP contribution in [0.1, 0.15) is 23.1 Å². The third-order valence-electron chi connectivity index (χ3n) is 2.08. The molecule has 0 atom stereocenters. The fourth-order valence-corrected chi connectivity index (χ4v) is 1.43. The zero-order valence-electron chi connectivity index (χ0n) is 7.40.